The van der Waals surface area contributed by atoms with E-state index in [1.54, 1.807) is 0 Å². The largest absolute Gasteiger partial charge is 0.322 e. The fourth-order valence-corrected chi connectivity index (χ4v) is 0.816. The van der Waals surface area contributed by atoms with Crippen LogP contribution in [0.1, 0.15) is 41.0 Å². The summed E-state index contributed by atoms with van der Waals surface area (Å²) in [6.07, 6.45) is 1.25. The van der Waals surface area contributed by atoms with Gasteiger partial charge in [0.25, 0.3) is 0 Å². The van der Waals surface area contributed by atoms with Crippen molar-refractivity contribution in [2.24, 2.45) is 5.92 Å². The molecule has 10 heavy (non-hydrogen) atoms. The third-order valence-corrected chi connectivity index (χ3v) is 1.70. The summed E-state index contributed by atoms with van der Waals surface area (Å²) < 4.78 is 0. The molecule has 0 heterocycles. The summed E-state index contributed by atoms with van der Waals surface area (Å²) in [6.45, 7) is 11.1. The van der Waals surface area contributed by atoms with Gasteiger partial charge in [-0.25, -0.2) is 6.42 Å². The van der Waals surface area contributed by atoms with Crippen LogP contribution in [0.4, 0.5) is 0 Å². The van der Waals surface area contributed by atoms with E-state index in [1.807, 2.05) is 0 Å². The molecule has 0 amide bonds. The maximum absolute atomic E-state index is 2.28. The Balaban J connectivity index is 0. The van der Waals surface area contributed by atoms with Gasteiger partial charge in [0.15, 0.2) is 0 Å². The molecule has 0 spiro atoms. The van der Waals surface area contributed by atoms with Gasteiger partial charge in [0.2, 0.25) is 0 Å². The van der Waals surface area contributed by atoms with Crippen molar-refractivity contribution in [3.63, 3.8) is 0 Å². The zero-order chi connectivity index (χ0) is 7.44. The van der Waals surface area contributed by atoms with Gasteiger partial charge in [-0.2, -0.15) is 33.6 Å². The molecule has 1 atom stereocenters. The van der Waals surface area contributed by atoms with Crippen LogP contribution in [0.5, 0.6) is 0 Å². The Labute approximate surface area is 91.0 Å². The molecule has 59 valence electrons. The molecule has 1 heteroatoms. The van der Waals surface area contributed by atoms with Crippen LogP contribution in [0.3, 0.4) is 0 Å². The van der Waals surface area contributed by atoms with E-state index in [2.05, 4.69) is 34.6 Å². The van der Waals surface area contributed by atoms with Gasteiger partial charge >= 0.3 is 0 Å². The molecule has 1 unspecified atom stereocenters. The molecule has 0 N–H and O–H groups in total. The molecule has 0 rings (SSSR count). The molecule has 0 aliphatic carbocycles. The summed E-state index contributed by atoms with van der Waals surface area (Å²) in [4.78, 5) is 0. The first kappa shape index (κ1) is 13.7. The molecule has 0 aliphatic heterocycles. The van der Waals surface area contributed by atoms with Crippen LogP contribution in [-0.4, -0.2) is 0 Å². The van der Waals surface area contributed by atoms with Crippen LogP contribution in [0.15, 0.2) is 0 Å². The molecule has 0 saturated heterocycles. The quantitative estimate of drug-likeness (QED) is 0.634. The van der Waals surface area contributed by atoms with Gasteiger partial charge in [-0.1, -0.05) is 6.92 Å². The molecule has 0 aliphatic rings. The fraction of sp³-hybridized carbons (Fsp3) is 0.778. The van der Waals surface area contributed by atoms with E-state index in [1.165, 1.54) is 18.3 Å². The van der Waals surface area contributed by atoms with E-state index < -0.39 is 0 Å². The molecule has 0 fully saturated rings. The van der Waals surface area contributed by atoms with Gasteiger partial charge in [-0.15, -0.1) is 0 Å². The molecule has 0 bridgehead atoms. The van der Waals surface area contributed by atoms with Crippen LogP contribution < -0.4 is 0 Å². The molecular formula is C9H18Y-2. The Morgan fingerprint density at radius 3 is 1.60 bits per heavy atom. The Morgan fingerprint density at radius 2 is 1.50 bits per heavy atom. The average molecular weight is 215 g/mol. The second-order valence-electron chi connectivity index (χ2n) is 3.39. The van der Waals surface area contributed by atoms with Gasteiger partial charge in [-0.3, -0.25) is 0 Å². The predicted molar refractivity (Wildman–Crippen MR) is 43.0 cm³/mol. The second kappa shape index (κ2) is 6.79. The van der Waals surface area contributed by atoms with E-state index in [0.717, 1.165) is 5.92 Å². The van der Waals surface area contributed by atoms with Crippen molar-refractivity contribution < 1.29 is 32.7 Å². The van der Waals surface area contributed by atoms with Gasteiger partial charge in [0, 0.05) is 32.7 Å². The van der Waals surface area contributed by atoms with Gasteiger partial charge in [0.05, 0.1) is 0 Å². The summed E-state index contributed by atoms with van der Waals surface area (Å²) in [5.74, 6) is 3.84. The average Bonchev–Trinajstić information content (AvgIpc) is 1.63. The minimum Gasteiger partial charge on any atom is -0.322 e. The van der Waals surface area contributed by atoms with E-state index >= 15 is 0 Å². The maximum Gasteiger partial charge on any atom is 0 e. The molecule has 0 aromatic carbocycles. The number of hydrogen-bond acceptors (Lipinski definition) is 0. The molecular weight excluding hydrogens is 197 g/mol. The molecule has 0 saturated carbocycles. The van der Waals surface area contributed by atoms with Crippen molar-refractivity contribution in [3.05, 3.63) is 11.8 Å². The zero-order valence-electron chi connectivity index (χ0n) is 7.86. The van der Waals surface area contributed by atoms with Crippen molar-refractivity contribution in [1.82, 2.24) is 0 Å². The van der Waals surface area contributed by atoms with E-state index in [0.29, 0.717) is 0 Å². The van der Waals surface area contributed by atoms with E-state index in [4.69, 9.17) is 0 Å². The van der Waals surface area contributed by atoms with Gasteiger partial charge in [0.1, 0.15) is 0 Å². The van der Waals surface area contributed by atoms with Crippen molar-refractivity contribution in [3.8, 4) is 0 Å². The Morgan fingerprint density at radius 1 is 1.10 bits per heavy atom. The second-order valence-corrected chi connectivity index (χ2v) is 3.39. The molecule has 0 nitrogen and oxygen atoms in total. The Hall–Kier alpha value is 1.10. The van der Waals surface area contributed by atoms with Crippen molar-refractivity contribution in [2.45, 2.75) is 41.0 Å². The summed E-state index contributed by atoms with van der Waals surface area (Å²) in [7, 11) is 0. The van der Waals surface area contributed by atoms with Crippen molar-refractivity contribution in [2.75, 3.05) is 0 Å². The van der Waals surface area contributed by atoms with Crippen molar-refractivity contribution >= 4 is 0 Å². The Kier molecular flexibility index (Phi) is 9.29. The zero-order valence-corrected chi connectivity index (χ0v) is 10.7. The van der Waals surface area contributed by atoms with E-state index in [-0.39, 0.29) is 32.7 Å². The standard InChI is InChI=1S/C9H18.Y/c1-7(2)6-9(5)8(3)4;/h9H,6H2,1-5H3;/q-2;. The SMILES string of the molecule is C[C-](C)CC(C)[C-](C)C.[Y]. The van der Waals surface area contributed by atoms with Gasteiger partial charge in [-0.05, 0) is 0 Å². The summed E-state index contributed by atoms with van der Waals surface area (Å²) >= 11 is 0. The van der Waals surface area contributed by atoms with Crippen molar-refractivity contribution in [1.29, 1.82) is 0 Å². The summed E-state index contributed by atoms with van der Waals surface area (Å²) in [5.41, 5.74) is 0. The normalized spacial score (nSPS) is 13.5. The van der Waals surface area contributed by atoms with E-state index in [9.17, 15) is 0 Å². The number of rotatable bonds is 3. The van der Waals surface area contributed by atoms with Crippen LogP contribution in [0.2, 0.25) is 0 Å². The van der Waals surface area contributed by atoms with Crippen LogP contribution in [0.25, 0.3) is 0 Å². The molecule has 0 aromatic rings. The van der Waals surface area contributed by atoms with Gasteiger partial charge < -0.3 is 11.8 Å². The Bertz CT molecular complexity index is 67.1. The molecule has 1 radical (unpaired) electrons. The summed E-state index contributed by atoms with van der Waals surface area (Å²) in [6, 6.07) is 0. The number of hydrogen-bond donors (Lipinski definition) is 0. The minimum absolute atomic E-state index is 0. The summed E-state index contributed by atoms with van der Waals surface area (Å²) in [5, 5.41) is 0. The smallest absolute Gasteiger partial charge is 0 e. The maximum atomic E-state index is 2.28. The topological polar surface area (TPSA) is 0 Å². The first-order chi connectivity index (χ1) is 4.04. The predicted octanol–water partition coefficient (Wildman–Crippen LogP) is 3.24. The van der Waals surface area contributed by atoms with Crippen LogP contribution >= 0.6 is 0 Å². The first-order valence-corrected chi connectivity index (χ1v) is 3.63. The monoisotopic (exact) mass is 215 g/mol. The fourth-order valence-electron chi connectivity index (χ4n) is 0.816. The van der Waals surface area contributed by atoms with Crippen LogP contribution in [0, 0.1) is 17.8 Å². The first-order valence-electron chi connectivity index (χ1n) is 3.63. The third kappa shape index (κ3) is 7.21. The minimum atomic E-state index is 0. The van der Waals surface area contributed by atoms with Crippen LogP contribution in [-0.2, 0) is 32.7 Å². The third-order valence-electron chi connectivity index (χ3n) is 1.70. The molecule has 0 aromatic heterocycles.